The van der Waals surface area contributed by atoms with Crippen LogP contribution in [0, 0.1) is 0 Å². The van der Waals surface area contributed by atoms with Gasteiger partial charge < -0.3 is 14.7 Å². The minimum atomic E-state index is -0.847. The van der Waals surface area contributed by atoms with E-state index in [0.29, 0.717) is 0 Å². The molecule has 0 unspecified atom stereocenters. The highest BCUT2D eigenvalue weighted by Gasteiger charge is 2.15. The molecule has 0 aromatic carbocycles. The second-order valence-corrected chi connectivity index (χ2v) is 3.71. The number of carbonyl (C=O) groups excluding carboxylic acids is 3. The number of carbonyl (C=O) groups is 3. The average Bonchev–Trinajstić information content (AvgIpc) is 2.33. The first-order valence-electron chi connectivity index (χ1n) is 5.27. The molecule has 7 heteroatoms. The lowest BCUT2D eigenvalue weighted by molar-refractivity contribution is -0.156. The Morgan fingerprint density at radius 2 is 1.47 bits per heavy atom. The summed E-state index contributed by atoms with van der Waals surface area (Å²) in [6.45, 7) is 9.46. The van der Waals surface area contributed by atoms with Crippen LogP contribution in [0.4, 0.5) is 0 Å². The summed E-state index contributed by atoms with van der Waals surface area (Å²) in [7, 11) is 0. The minimum Gasteiger partial charge on any atom is -0.408 e. The molecule has 0 saturated heterocycles. The van der Waals surface area contributed by atoms with E-state index in [0.717, 1.165) is 0 Å². The fraction of sp³-hybridized carbons (Fsp3) is 0.333. The van der Waals surface area contributed by atoms with Crippen molar-refractivity contribution in [1.29, 1.82) is 0 Å². The van der Waals surface area contributed by atoms with Gasteiger partial charge in [-0.3, -0.25) is 4.79 Å². The van der Waals surface area contributed by atoms with E-state index in [2.05, 4.69) is 27.8 Å². The monoisotopic (exact) mass is 269 g/mol. The summed E-state index contributed by atoms with van der Waals surface area (Å²) in [5, 5.41) is 11.3. The Morgan fingerprint density at radius 1 is 1.00 bits per heavy atom. The summed E-state index contributed by atoms with van der Waals surface area (Å²) in [4.78, 5) is 33.4. The molecule has 0 fully saturated rings. The summed E-state index contributed by atoms with van der Waals surface area (Å²) in [6.07, 6.45) is -0.486. The number of hydrogen-bond acceptors (Lipinski definition) is 7. The van der Waals surface area contributed by atoms with Gasteiger partial charge >= 0.3 is 17.9 Å². The first kappa shape index (κ1) is 16.6. The Labute approximate surface area is 110 Å². The first-order chi connectivity index (χ1) is 8.77. The highest BCUT2D eigenvalue weighted by atomic mass is 16.6. The van der Waals surface area contributed by atoms with Gasteiger partial charge in [0, 0.05) is 17.6 Å². The lowest BCUT2D eigenvalue weighted by Crippen LogP contribution is -2.17. The average molecular weight is 269 g/mol. The van der Waals surface area contributed by atoms with Crippen molar-refractivity contribution in [1.82, 2.24) is 0 Å². The third kappa shape index (κ3) is 6.77. The lowest BCUT2D eigenvalue weighted by Gasteiger charge is -2.05. The number of hydrogen-bond donors (Lipinski definition) is 1. The maximum absolute atomic E-state index is 11.2. The summed E-state index contributed by atoms with van der Waals surface area (Å²) >= 11 is 0. The van der Waals surface area contributed by atoms with E-state index >= 15 is 0 Å². The molecule has 7 nitrogen and oxygen atoms in total. The van der Waals surface area contributed by atoms with Crippen LogP contribution in [0.15, 0.2) is 29.5 Å². The second-order valence-electron chi connectivity index (χ2n) is 3.71. The van der Waals surface area contributed by atoms with Crippen molar-refractivity contribution in [2.24, 2.45) is 5.16 Å². The summed E-state index contributed by atoms with van der Waals surface area (Å²) in [6, 6.07) is 0. The van der Waals surface area contributed by atoms with Gasteiger partial charge in [0.2, 0.25) is 5.90 Å². The molecular formula is C12H15NO6. The van der Waals surface area contributed by atoms with Crippen molar-refractivity contribution >= 4 is 23.8 Å². The van der Waals surface area contributed by atoms with E-state index in [9.17, 15) is 14.4 Å². The van der Waals surface area contributed by atoms with Crippen molar-refractivity contribution < 1.29 is 29.1 Å². The van der Waals surface area contributed by atoms with Gasteiger partial charge in [-0.25, -0.2) is 9.59 Å². The van der Waals surface area contributed by atoms with E-state index in [4.69, 9.17) is 5.21 Å². The largest absolute Gasteiger partial charge is 0.408 e. The smallest absolute Gasteiger partial charge is 0.340 e. The van der Waals surface area contributed by atoms with E-state index in [1.54, 1.807) is 0 Å². The van der Waals surface area contributed by atoms with Crippen LogP contribution in [0.25, 0.3) is 0 Å². The summed E-state index contributed by atoms with van der Waals surface area (Å²) in [5.41, 5.74) is 0.194. The molecule has 0 aromatic heterocycles. The molecule has 1 N–H and O–H groups in total. The molecule has 0 rings (SSSR count). The zero-order valence-corrected chi connectivity index (χ0v) is 10.8. The molecule has 19 heavy (non-hydrogen) atoms. The predicted octanol–water partition coefficient (Wildman–Crippen LogP) is 1.32. The van der Waals surface area contributed by atoms with Crippen molar-refractivity contribution in [3.8, 4) is 0 Å². The van der Waals surface area contributed by atoms with Gasteiger partial charge in [-0.15, -0.1) is 0 Å². The predicted molar refractivity (Wildman–Crippen MR) is 65.3 cm³/mol. The second kappa shape index (κ2) is 7.80. The van der Waals surface area contributed by atoms with Crippen LogP contribution in [-0.2, 0) is 23.9 Å². The maximum atomic E-state index is 11.2. The number of esters is 3. The standard InChI is InChI=1S/C12H15NO6/c1-7(2)11(15)18-9(13-17)5-6-10(14)19-12(16)8(3)4/h17H,1,3,5-6H2,2,4H3/b13-9-. The highest BCUT2D eigenvalue weighted by Crippen LogP contribution is 2.03. The molecule has 104 valence electrons. The summed E-state index contributed by atoms with van der Waals surface area (Å²) in [5.74, 6) is -2.83. The van der Waals surface area contributed by atoms with E-state index in [1.165, 1.54) is 13.8 Å². The van der Waals surface area contributed by atoms with Gasteiger partial charge in [0.15, 0.2) is 0 Å². The molecule has 0 aromatic rings. The topological polar surface area (TPSA) is 102 Å². The summed E-state index contributed by atoms with van der Waals surface area (Å²) < 4.78 is 9.00. The van der Waals surface area contributed by atoms with Crippen LogP contribution in [0.5, 0.6) is 0 Å². The van der Waals surface area contributed by atoms with Crippen LogP contribution in [-0.4, -0.2) is 29.0 Å². The van der Waals surface area contributed by atoms with Crippen LogP contribution < -0.4 is 0 Å². The van der Waals surface area contributed by atoms with Gasteiger partial charge in [-0.1, -0.05) is 18.3 Å². The lowest BCUT2D eigenvalue weighted by atomic mass is 10.3. The molecule has 0 amide bonds. The zero-order valence-electron chi connectivity index (χ0n) is 10.8. The van der Waals surface area contributed by atoms with E-state index < -0.39 is 17.9 Å². The Hall–Kier alpha value is -2.44. The van der Waals surface area contributed by atoms with E-state index in [-0.39, 0.29) is 29.9 Å². The zero-order chi connectivity index (χ0) is 15.0. The fourth-order valence-electron chi connectivity index (χ4n) is 0.766. The van der Waals surface area contributed by atoms with Crippen molar-refractivity contribution in [2.75, 3.05) is 0 Å². The first-order valence-corrected chi connectivity index (χ1v) is 5.27. The van der Waals surface area contributed by atoms with Gasteiger partial charge in [-0.05, 0) is 13.8 Å². The number of rotatable bonds is 5. The molecule has 0 atom stereocenters. The Bertz CT molecular complexity index is 449. The van der Waals surface area contributed by atoms with Crippen molar-refractivity contribution in [2.45, 2.75) is 26.7 Å². The fourth-order valence-corrected chi connectivity index (χ4v) is 0.766. The Balaban J connectivity index is 4.26. The van der Waals surface area contributed by atoms with Crippen LogP contribution in [0.3, 0.4) is 0 Å². The van der Waals surface area contributed by atoms with E-state index in [1.807, 2.05) is 0 Å². The highest BCUT2D eigenvalue weighted by molar-refractivity contribution is 5.99. The molecule has 0 bridgehead atoms. The molecule has 0 heterocycles. The number of ether oxygens (including phenoxy) is 2. The normalized spacial score (nSPS) is 10.5. The van der Waals surface area contributed by atoms with Gasteiger partial charge in [0.25, 0.3) is 0 Å². The number of nitrogens with zero attached hydrogens (tertiary/aromatic N) is 1. The SMILES string of the molecule is C=C(C)C(=O)OC(=O)CC/C(=N/O)OC(=O)C(=C)C. The molecule has 0 aliphatic rings. The van der Waals surface area contributed by atoms with Gasteiger partial charge in [0.1, 0.15) is 0 Å². The minimum absolute atomic E-state index is 0.0816. The quantitative estimate of drug-likeness (QED) is 0.153. The Morgan fingerprint density at radius 3 is 1.89 bits per heavy atom. The Kier molecular flexibility index (Phi) is 6.80. The third-order valence-corrected chi connectivity index (χ3v) is 1.77. The van der Waals surface area contributed by atoms with Crippen molar-refractivity contribution in [3.05, 3.63) is 24.3 Å². The molecule has 0 saturated carbocycles. The molecule has 0 aliphatic heterocycles. The van der Waals surface area contributed by atoms with Crippen molar-refractivity contribution in [3.63, 3.8) is 0 Å². The van der Waals surface area contributed by atoms with Gasteiger partial charge in [-0.2, -0.15) is 0 Å². The van der Waals surface area contributed by atoms with Crippen LogP contribution >= 0.6 is 0 Å². The maximum Gasteiger partial charge on any atom is 0.340 e. The molecule has 0 aliphatic carbocycles. The van der Waals surface area contributed by atoms with Crippen LogP contribution in [0.2, 0.25) is 0 Å². The molecular weight excluding hydrogens is 254 g/mol. The van der Waals surface area contributed by atoms with Gasteiger partial charge in [0.05, 0.1) is 6.42 Å². The molecule has 0 radical (unpaired) electrons. The molecule has 0 spiro atoms. The number of oxime groups is 1. The third-order valence-electron chi connectivity index (χ3n) is 1.77. The van der Waals surface area contributed by atoms with Crippen LogP contribution in [0.1, 0.15) is 26.7 Å².